The molecule has 4 heteroatoms. The van der Waals surface area contributed by atoms with Gasteiger partial charge in [0.25, 0.3) is 0 Å². The number of ether oxygens (including phenoxy) is 1. The smallest absolute Gasteiger partial charge is 0.309 e. The molecule has 1 aromatic rings. The molecule has 0 atom stereocenters. The van der Waals surface area contributed by atoms with Gasteiger partial charge in [0.2, 0.25) is 0 Å². The average Bonchev–Trinajstić information content (AvgIpc) is 2.45. The van der Waals surface area contributed by atoms with E-state index in [1.807, 2.05) is 6.07 Å². The molecule has 0 spiro atoms. The van der Waals surface area contributed by atoms with Crippen molar-refractivity contribution in [2.24, 2.45) is 5.92 Å². The van der Waals surface area contributed by atoms with Gasteiger partial charge in [0.05, 0.1) is 5.92 Å². The molecule has 102 valence electrons. The third-order valence-electron chi connectivity index (χ3n) is 3.43. The number of hydrogen-bond donors (Lipinski definition) is 0. The minimum absolute atomic E-state index is 0.0101. The largest absolute Gasteiger partial charge is 0.457 e. The summed E-state index contributed by atoms with van der Waals surface area (Å²) >= 11 is 3.31. The van der Waals surface area contributed by atoms with E-state index in [9.17, 15) is 9.59 Å². The van der Waals surface area contributed by atoms with Crippen LogP contribution in [-0.2, 0) is 9.53 Å². The van der Waals surface area contributed by atoms with Gasteiger partial charge in [-0.15, -0.1) is 0 Å². The molecule has 0 aromatic heterocycles. The van der Waals surface area contributed by atoms with Crippen molar-refractivity contribution in [1.82, 2.24) is 0 Å². The summed E-state index contributed by atoms with van der Waals surface area (Å²) in [5, 5.41) is 0. The minimum Gasteiger partial charge on any atom is -0.457 e. The monoisotopic (exact) mass is 324 g/mol. The number of carbonyl (C=O) groups is 2. The molecular formula is C15H17BrO3. The fourth-order valence-corrected chi connectivity index (χ4v) is 2.74. The van der Waals surface area contributed by atoms with E-state index in [0.717, 1.165) is 30.2 Å². The molecule has 0 bridgehead atoms. The predicted molar refractivity (Wildman–Crippen MR) is 76.0 cm³/mol. The van der Waals surface area contributed by atoms with Gasteiger partial charge in [-0.1, -0.05) is 47.3 Å². The summed E-state index contributed by atoms with van der Waals surface area (Å²) < 4.78 is 5.98. The molecule has 0 N–H and O–H groups in total. The Morgan fingerprint density at radius 2 is 1.95 bits per heavy atom. The second kappa shape index (κ2) is 6.85. The third-order valence-corrected chi connectivity index (χ3v) is 3.92. The molecular weight excluding hydrogens is 308 g/mol. The lowest BCUT2D eigenvalue weighted by Crippen LogP contribution is -2.23. The Kier molecular flexibility index (Phi) is 5.14. The number of ketones is 1. The van der Waals surface area contributed by atoms with E-state index < -0.39 is 0 Å². The number of benzene rings is 1. The lowest BCUT2D eigenvalue weighted by molar-refractivity contribution is -0.148. The zero-order valence-corrected chi connectivity index (χ0v) is 12.3. The van der Waals surface area contributed by atoms with Crippen LogP contribution in [0.1, 0.15) is 42.5 Å². The van der Waals surface area contributed by atoms with Crippen LogP contribution in [0.2, 0.25) is 0 Å². The first kappa shape index (κ1) is 14.3. The second-order valence-corrected chi connectivity index (χ2v) is 5.79. The number of hydrogen-bond acceptors (Lipinski definition) is 3. The summed E-state index contributed by atoms with van der Waals surface area (Å²) in [6.45, 7) is -0.161. The summed E-state index contributed by atoms with van der Waals surface area (Å²) in [6.07, 6.45) is 5.15. The first-order chi connectivity index (χ1) is 9.16. The van der Waals surface area contributed by atoms with E-state index in [2.05, 4.69) is 15.9 Å². The van der Waals surface area contributed by atoms with E-state index in [1.165, 1.54) is 6.42 Å². The van der Waals surface area contributed by atoms with Gasteiger partial charge in [-0.3, -0.25) is 9.59 Å². The first-order valence-corrected chi connectivity index (χ1v) is 7.41. The van der Waals surface area contributed by atoms with Crippen molar-refractivity contribution in [3.63, 3.8) is 0 Å². The maximum atomic E-state index is 11.9. The van der Waals surface area contributed by atoms with Crippen LogP contribution in [0.25, 0.3) is 0 Å². The van der Waals surface area contributed by atoms with E-state index >= 15 is 0 Å². The summed E-state index contributed by atoms with van der Waals surface area (Å²) in [6, 6.07) is 7.10. The SMILES string of the molecule is O=C(COC(=O)C1CCCCC1)c1cccc(Br)c1. The highest BCUT2D eigenvalue weighted by molar-refractivity contribution is 9.10. The molecule has 1 saturated carbocycles. The van der Waals surface area contributed by atoms with Crippen molar-refractivity contribution in [2.45, 2.75) is 32.1 Å². The topological polar surface area (TPSA) is 43.4 Å². The summed E-state index contributed by atoms with van der Waals surface area (Å²) in [5.41, 5.74) is 0.561. The van der Waals surface area contributed by atoms with Crippen LogP contribution in [0.15, 0.2) is 28.7 Å². The van der Waals surface area contributed by atoms with Crippen LogP contribution >= 0.6 is 15.9 Å². The molecule has 2 rings (SSSR count). The van der Waals surface area contributed by atoms with Crippen LogP contribution in [0.3, 0.4) is 0 Å². The lowest BCUT2D eigenvalue weighted by Gasteiger charge is -2.19. The number of halogens is 1. The molecule has 0 aliphatic heterocycles. The van der Waals surface area contributed by atoms with Crippen molar-refractivity contribution < 1.29 is 14.3 Å². The number of carbonyl (C=O) groups excluding carboxylic acids is 2. The van der Waals surface area contributed by atoms with Gasteiger partial charge in [-0.25, -0.2) is 0 Å². The van der Waals surface area contributed by atoms with Gasteiger partial charge in [0, 0.05) is 10.0 Å². The van der Waals surface area contributed by atoms with Gasteiger partial charge >= 0.3 is 5.97 Å². The highest BCUT2D eigenvalue weighted by Crippen LogP contribution is 2.24. The second-order valence-electron chi connectivity index (χ2n) is 4.88. The molecule has 1 aliphatic rings. The maximum Gasteiger partial charge on any atom is 0.309 e. The maximum absolute atomic E-state index is 11.9. The van der Waals surface area contributed by atoms with Crippen LogP contribution in [0.4, 0.5) is 0 Å². The van der Waals surface area contributed by atoms with E-state index in [-0.39, 0.29) is 24.3 Å². The molecule has 0 radical (unpaired) electrons. The molecule has 0 unspecified atom stereocenters. The van der Waals surface area contributed by atoms with Crippen LogP contribution < -0.4 is 0 Å². The minimum atomic E-state index is -0.219. The van der Waals surface area contributed by atoms with E-state index in [0.29, 0.717) is 5.56 Å². The molecule has 1 aliphatic carbocycles. The van der Waals surface area contributed by atoms with Crippen molar-refractivity contribution in [3.05, 3.63) is 34.3 Å². The summed E-state index contributed by atoms with van der Waals surface area (Å²) in [5.74, 6) is -0.391. The fourth-order valence-electron chi connectivity index (χ4n) is 2.34. The Bertz CT molecular complexity index is 464. The van der Waals surface area contributed by atoms with Crippen molar-refractivity contribution in [2.75, 3.05) is 6.61 Å². The van der Waals surface area contributed by atoms with Gasteiger partial charge in [0.15, 0.2) is 12.4 Å². The van der Waals surface area contributed by atoms with Crippen LogP contribution in [0.5, 0.6) is 0 Å². The summed E-state index contributed by atoms with van der Waals surface area (Å²) in [4.78, 5) is 23.7. The summed E-state index contributed by atoms with van der Waals surface area (Å²) in [7, 11) is 0. The lowest BCUT2D eigenvalue weighted by atomic mass is 9.89. The zero-order chi connectivity index (χ0) is 13.7. The van der Waals surface area contributed by atoms with Gasteiger partial charge in [-0.2, -0.15) is 0 Å². The number of Topliss-reactive ketones (excluding diaryl/α,β-unsaturated/α-hetero) is 1. The fraction of sp³-hybridized carbons (Fsp3) is 0.467. The van der Waals surface area contributed by atoms with Crippen molar-refractivity contribution in [3.8, 4) is 0 Å². The van der Waals surface area contributed by atoms with Crippen molar-refractivity contribution in [1.29, 1.82) is 0 Å². The molecule has 3 nitrogen and oxygen atoms in total. The Morgan fingerprint density at radius 1 is 1.21 bits per heavy atom. The quantitative estimate of drug-likeness (QED) is 0.625. The van der Waals surface area contributed by atoms with E-state index in [4.69, 9.17) is 4.74 Å². The molecule has 0 amide bonds. The standard InChI is InChI=1S/C15H17BrO3/c16-13-8-4-7-12(9-13)14(17)10-19-15(18)11-5-2-1-3-6-11/h4,7-9,11H,1-3,5-6,10H2. The zero-order valence-electron chi connectivity index (χ0n) is 10.7. The Hall–Kier alpha value is -1.16. The average molecular weight is 325 g/mol. The predicted octanol–water partition coefficient (Wildman–Crippen LogP) is 3.76. The normalized spacial score (nSPS) is 16.1. The Balaban J connectivity index is 1.84. The Labute approximate surface area is 121 Å². The highest BCUT2D eigenvalue weighted by Gasteiger charge is 2.23. The number of esters is 1. The number of rotatable bonds is 4. The van der Waals surface area contributed by atoms with Gasteiger partial charge in [0.1, 0.15) is 0 Å². The molecule has 1 fully saturated rings. The molecule has 0 heterocycles. The van der Waals surface area contributed by atoms with Crippen LogP contribution in [0, 0.1) is 5.92 Å². The van der Waals surface area contributed by atoms with Crippen molar-refractivity contribution >= 4 is 27.7 Å². The van der Waals surface area contributed by atoms with Gasteiger partial charge < -0.3 is 4.74 Å². The molecule has 19 heavy (non-hydrogen) atoms. The third kappa shape index (κ3) is 4.16. The molecule has 1 aromatic carbocycles. The van der Waals surface area contributed by atoms with E-state index in [1.54, 1.807) is 18.2 Å². The van der Waals surface area contributed by atoms with Gasteiger partial charge in [-0.05, 0) is 25.0 Å². The first-order valence-electron chi connectivity index (χ1n) is 6.62. The highest BCUT2D eigenvalue weighted by atomic mass is 79.9. The Morgan fingerprint density at radius 3 is 2.63 bits per heavy atom. The molecule has 0 saturated heterocycles. The van der Waals surface area contributed by atoms with Crippen LogP contribution in [-0.4, -0.2) is 18.4 Å².